The number of hydrogen-bond acceptors (Lipinski definition) is 6. The molecule has 4 atom stereocenters. The minimum atomic E-state index is -1.79. The van der Waals surface area contributed by atoms with Crippen molar-refractivity contribution in [2.75, 3.05) is 6.61 Å². The molecule has 5 N–H and O–H groups in total. The van der Waals surface area contributed by atoms with Crippen LogP contribution in [0, 0.1) is 0 Å². The number of aliphatic hydroxyl groups is 5. The molecule has 0 amide bonds. The molecule has 0 rings (SSSR count). The lowest BCUT2D eigenvalue weighted by Gasteiger charge is -2.22. The molecule has 0 aromatic heterocycles. The van der Waals surface area contributed by atoms with Gasteiger partial charge in [-0.3, -0.25) is 0 Å². The van der Waals surface area contributed by atoms with E-state index in [1.165, 1.54) is 0 Å². The Balaban J connectivity index is 4.07. The van der Waals surface area contributed by atoms with Crippen LogP contribution in [0.1, 0.15) is 0 Å². The molecule has 0 radical (unpaired) electrons. The molecule has 6 nitrogen and oxygen atoms in total. The highest BCUT2D eigenvalue weighted by molar-refractivity contribution is 5.56. The minimum Gasteiger partial charge on any atom is -0.394 e. The van der Waals surface area contributed by atoms with Crippen molar-refractivity contribution >= 4 is 6.29 Å². The van der Waals surface area contributed by atoms with E-state index in [0.29, 0.717) is 0 Å². The second kappa shape index (κ2) is 5.18. The van der Waals surface area contributed by atoms with Crippen molar-refractivity contribution < 1.29 is 30.3 Å². The zero-order valence-electron chi connectivity index (χ0n) is 6.24. The highest BCUT2D eigenvalue weighted by Gasteiger charge is 2.29. The van der Waals surface area contributed by atoms with Gasteiger partial charge in [-0.1, -0.05) is 0 Å². The van der Waals surface area contributed by atoms with Crippen molar-refractivity contribution in [3.8, 4) is 0 Å². The number of carbonyl (C=O) groups is 1. The van der Waals surface area contributed by atoms with Gasteiger partial charge in [0.25, 0.3) is 0 Å². The molecule has 0 aliphatic rings. The summed E-state index contributed by atoms with van der Waals surface area (Å²) in [6, 6.07) is 0. The molecule has 0 fully saturated rings. The number of carbonyl (C=O) groups excluding carboxylic acids is 1. The predicted molar refractivity (Wildman–Crippen MR) is 37.2 cm³/mol. The summed E-state index contributed by atoms with van der Waals surface area (Å²) in [6.07, 6.45) is -6.84. The molecule has 72 valence electrons. The van der Waals surface area contributed by atoms with Gasteiger partial charge in [0, 0.05) is 0 Å². The standard InChI is InChI=1S/C6H12O6/c7-1-3(9)5(11)6(12)4(10)2-8/h1,3-6,8-12H,2H2/t3-,4?,5-,6?/m1/s1. The predicted octanol–water partition coefficient (Wildman–Crippen LogP) is -3.38. The SMILES string of the molecule is O=C[C@@H](O)[C@@H](O)C(O)C(O)CO. The summed E-state index contributed by atoms with van der Waals surface area (Å²) >= 11 is 0. The first-order chi connectivity index (χ1) is 5.54. The topological polar surface area (TPSA) is 118 Å². The Hall–Kier alpha value is -0.530. The third kappa shape index (κ3) is 2.84. The molecular weight excluding hydrogens is 168 g/mol. The third-order valence-corrected chi connectivity index (χ3v) is 1.42. The van der Waals surface area contributed by atoms with E-state index in [9.17, 15) is 4.79 Å². The fourth-order valence-corrected chi connectivity index (χ4v) is 0.618. The third-order valence-electron chi connectivity index (χ3n) is 1.42. The van der Waals surface area contributed by atoms with Gasteiger partial charge in [-0.15, -0.1) is 0 Å². The molecule has 2 unspecified atom stereocenters. The number of aliphatic hydroxyl groups excluding tert-OH is 5. The van der Waals surface area contributed by atoms with E-state index >= 15 is 0 Å². The van der Waals surface area contributed by atoms with Crippen molar-refractivity contribution in [3.05, 3.63) is 0 Å². The quantitative estimate of drug-likeness (QED) is 0.282. The second-order valence-corrected chi connectivity index (χ2v) is 2.36. The maximum atomic E-state index is 9.90. The van der Waals surface area contributed by atoms with E-state index < -0.39 is 31.0 Å². The Labute approximate surface area is 68.7 Å². The second-order valence-electron chi connectivity index (χ2n) is 2.36. The summed E-state index contributed by atoms with van der Waals surface area (Å²) < 4.78 is 0. The van der Waals surface area contributed by atoms with Crippen LogP contribution in [-0.4, -0.2) is 62.8 Å². The molecule has 0 aromatic rings. The lowest BCUT2D eigenvalue weighted by molar-refractivity contribution is -0.136. The Kier molecular flexibility index (Phi) is 4.95. The van der Waals surface area contributed by atoms with Crippen molar-refractivity contribution in [2.45, 2.75) is 24.4 Å². The summed E-state index contributed by atoms with van der Waals surface area (Å²) in [6.45, 7) is -0.760. The van der Waals surface area contributed by atoms with Gasteiger partial charge in [-0.05, 0) is 0 Å². The van der Waals surface area contributed by atoms with E-state index in [-0.39, 0.29) is 6.29 Å². The minimum absolute atomic E-state index is 0.0258. The summed E-state index contributed by atoms with van der Waals surface area (Å²) in [5.41, 5.74) is 0. The van der Waals surface area contributed by atoms with E-state index in [4.69, 9.17) is 25.5 Å². The number of hydrogen-bond donors (Lipinski definition) is 5. The van der Waals surface area contributed by atoms with Gasteiger partial charge in [0.05, 0.1) is 6.61 Å². The van der Waals surface area contributed by atoms with Crippen molar-refractivity contribution in [1.29, 1.82) is 0 Å². The summed E-state index contributed by atoms with van der Waals surface area (Å²) in [5.74, 6) is 0. The molecule has 0 spiro atoms. The van der Waals surface area contributed by atoms with Gasteiger partial charge in [0.15, 0.2) is 6.29 Å². The normalized spacial score (nSPS) is 21.1. The Morgan fingerprint density at radius 2 is 1.58 bits per heavy atom. The van der Waals surface area contributed by atoms with Crippen LogP contribution in [0.25, 0.3) is 0 Å². The van der Waals surface area contributed by atoms with Crippen molar-refractivity contribution in [1.82, 2.24) is 0 Å². The summed E-state index contributed by atoms with van der Waals surface area (Å²) in [5, 5.41) is 43.5. The van der Waals surface area contributed by atoms with Crippen LogP contribution in [0.2, 0.25) is 0 Å². The van der Waals surface area contributed by atoms with Crippen molar-refractivity contribution in [3.63, 3.8) is 0 Å². The van der Waals surface area contributed by atoms with E-state index in [1.807, 2.05) is 0 Å². The number of aldehydes is 1. The zero-order chi connectivity index (χ0) is 9.72. The van der Waals surface area contributed by atoms with Gasteiger partial charge in [-0.25, -0.2) is 0 Å². The lowest BCUT2D eigenvalue weighted by atomic mass is 10.0. The Morgan fingerprint density at radius 3 is 1.92 bits per heavy atom. The molecular formula is C6H12O6. The van der Waals surface area contributed by atoms with Crippen LogP contribution in [0.4, 0.5) is 0 Å². The fraction of sp³-hybridized carbons (Fsp3) is 0.833. The average Bonchev–Trinajstić information content (AvgIpc) is 2.12. The zero-order valence-corrected chi connectivity index (χ0v) is 6.24. The average molecular weight is 180 g/mol. The summed E-state index contributed by atoms with van der Waals surface area (Å²) in [4.78, 5) is 9.90. The highest BCUT2D eigenvalue weighted by atomic mass is 16.4. The van der Waals surface area contributed by atoms with Crippen LogP contribution in [0.5, 0.6) is 0 Å². The van der Waals surface area contributed by atoms with E-state index in [2.05, 4.69) is 0 Å². The molecule has 6 heteroatoms. The van der Waals surface area contributed by atoms with Crippen LogP contribution in [0.15, 0.2) is 0 Å². The van der Waals surface area contributed by atoms with Gasteiger partial charge >= 0.3 is 0 Å². The first kappa shape index (κ1) is 11.5. The van der Waals surface area contributed by atoms with Gasteiger partial charge in [0.2, 0.25) is 0 Å². The fourth-order valence-electron chi connectivity index (χ4n) is 0.618. The maximum Gasteiger partial charge on any atom is 0.151 e. The lowest BCUT2D eigenvalue weighted by Crippen LogP contribution is -2.46. The monoisotopic (exact) mass is 180 g/mol. The van der Waals surface area contributed by atoms with Crippen LogP contribution >= 0.6 is 0 Å². The summed E-state index contributed by atoms with van der Waals surface area (Å²) in [7, 11) is 0. The first-order valence-electron chi connectivity index (χ1n) is 3.33. The molecule has 0 heterocycles. The molecule has 12 heavy (non-hydrogen) atoms. The highest BCUT2D eigenvalue weighted by Crippen LogP contribution is 2.02. The van der Waals surface area contributed by atoms with Crippen molar-refractivity contribution in [2.24, 2.45) is 0 Å². The van der Waals surface area contributed by atoms with Gasteiger partial charge in [0.1, 0.15) is 24.4 Å². The van der Waals surface area contributed by atoms with Crippen LogP contribution < -0.4 is 0 Å². The van der Waals surface area contributed by atoms with Crippen LogP contribution in [-0.2, 0) is 4.79 Å². The van der Waals surface area contributed by atoms with E-state index in [1.54, 1.807) is 0 Å². The molecule has 0 saturated heterocycles. The van der Waals surface area contributed by atoms with Gasteiger partial charge in [-0.2, -0.15) is 0 Å². The number of rotatable bonds is 5. The van der Waals surface area contributed by atoms with Crippen LogP contribution in [0.3, 0.4) is 0 Å². The Morgan fingerprint density at radius 1 is 1.08 bits per heavy atom. The molecule has 0 aromatic carbocycles. The van der Waals surface area contributed by atoms with E-state index in [0.717, 1.165) is 0 Å². The first-order valence-corrected chi connectivity index (χ1v) is 3.33. The Bertz CT molecular complexity index is 138. The molecule has 0 aliphatic heterocycles. The molecule has 0 saturated carbocycles. The molecule has 0 bridgehead atoms. The smallest absolute Gasteiger partial charge is 0.151 e. The maximum absolute atomic E-state index is 9.90. The molecule has 0 aliphatic carbocycles. The largest absolute Gasteiger partial charge is 0.394 e. The van der Waals surface area contributed by atoms with Gasteiger partial charge < -0.3 is 30.3 Å².